The number of unbranched alkanes of at least 4 members (excludes halogenated alkanes) is 4. The molecule has 0 aromatic heterocycles. The summed E-state index contributed by atoms with van der Waals surface area (Å²) in [5.41, 5.74) is 31.0. The van der Waals surface area contributed by atoms with Crippen LogP contribution in [0.15, 0.2) is 48.5 Å². The first kappa shape index (κ1) is 103. The zero-order valence-corrected chi connectivity index (χ0v) is 72.6. The van der Waals surface area contributed by atoms with Crippen LogP contribution in [0.2, 0.25) is 0 Å². The summed E-state index contributed by atoms with van der Waals surface area (Å²) in [6.07, 6.45) is 5.06. The predicted molar refractivity (Wildman–Crippen MR) is 454 cm³/mol. The molecule has 4 rings (SSSR count). The van der Waals surface area contributed by atoms with Crippen molar-refractivity contribution in [2.45, 2.75) is 303 Å². The molecule has 2 aromatic carbocycles. The van der Waals surface area contributed by atoms with Crippen LogP contribution in [0, 0.1) is 35.5 Å². The molecule has 2 aromatic rings. The lowest BCUT2D eigenvalue weighted by molar-refractivity contribution is -0.143. The van der Waals surface area contributed by atoms with Crippen molar-refractivity contribution in [3.63, 3.8) is 0 Å². The molecule has 2 fully saturated rings. The third kappa shape index (κ3) is 34.5. The normalized spacial score (nSPS) is 17.1. The van der Waals surface area contributed by atoms with Gasteiger partial charge in [-0.1, -0.05) is 107 Å². The second kappa shape index (κ2) is 52.6. The van der Waals surface area contributed by atoms with E-state index in [1.807, 2.05) is 41.5 Å². The number of phenolic OH excluding ortho intramolecular Hbond substituents is 2. The lowest BCUT2D eigenvalue weighted by Gasteiger charge is -2.32. The van der Waals surface area contributed by atoms with Gasteiger partial charge in [0.05, 0.1) is 6.04 Å². The Morgan fingerprint density at radius 2 is 0.633 bits per heavy atom. The fourth-order valence-electron chi connectivity index (χ4n) is 14.7. The number of nitrogens with zero attached hydrogens (tertiary/aromatic N) is 2. The van der Waals surface area contributed by atoms with Crippen molar-refractivity contribution in [2.24, 2.45) is 64.2 Å². The highest BCUT2D eigenvalue weighted by atomic mass is 16.4. The van der Waals surface area contributed by atoms with Crippen LogP contribution >= 0.6 is 0 Å². The Kier molecular flexibility index (Phi) is 45.0. The Labute approximate surface area is 707 Å². The van der Waals surface area contributed by atoms with E-state index in [1.54, 1.807) is 65.8 Å². The second-order valence-corrected chi connectivity index (χ2v) is 34.3. The molecule has 0 saturated carbocycles. The Morgan fingerprint density at radius 1 is 0.350 bits per heavy atom. The number of aromatic hydroxyl groups is 2. The lowest BCUT2D eigenvalue weighted by atomic mass is 9.98. The number of carbonyl (C=O) groups is 14. The first-order valence-corrected chi connectivity index (χ1v) is 43.1. The number of carbonyl (C=O) groups excluding carboxylic acids is 13. The van der Waals surface area contributed by atoms with Gasteiger partial charge in [-0.15, -0.1) is 0 Å². The van der Waals surface area contributed by atoms with Crippen molar-refractivity contribution < 1.29 is 82.4 Å². The highest BCUT2D eigenvalue weighted by Gasteiger charge is 2.44. The number of likely N-dealkylation sites (tertiary alicyclic amines) is 2. The van der Waals surface area contributed by atoms with Gasteiger partial charge in [0.25, 0.3) is 0 Å². The molecule has 2 saturated heterocycles. The van der Waals surface area contributed by atoms with Gasteiger partial charge in [-0.2, -0.15) is 0 Å². The van der Waals surface area contributed by atoms with Crippen molar-refractivity contribution in [3.05, 3.63) is 59.7 Å². The van der Waals surface area contributed by atoms with Crippen molar-refractivity contribution in [1.82, 2.24) is 68.3 Å². The first-order valence-electron chi connectivity index (χ1n) is 43.1. The molecule has 24 N–H and O–H groups in total. The van der Waals surface area contributed by atoms with E-state index < -0.39 is 185 Å². The van der Waals surface area contributed by atoms with Crippen LogP contribution in [0.5, 0.6) is 11.5 Å². The van der Waals surface area contributed by atoms with Crippen LogP contribution in [0.4, 0.5) is 0 Å². The molecule has 0 aliphatic carbocycles. The number of carboxylic acids is 1. The molecule has 0 spiro atoms. The maximum absolute atomic E-state index is 15.3. The van der Waals surface area contributed by atoms with Gasteiger partial charge in [0, 0.05) is 19.5 Å². The molecule has 0 unspecified atom stereocenters. The predicted octanol–water partition coefficient (Wildman–Crippen LogP) is 1.23. The van der Waals surface area contributed by atoms with Crippen molar-refractivity contribution in [3.8, 4) is 11.5 Å². The van der Waals surface area contributed by atoms with E-state index >= 15 is 4.79 Å². The van der Waals surface area contributed by atoms with E-state index in [-0.39, 0.29) is 126 Å². The molecular formula is C85H142N18O17. The number of amides is 13. The fraction of sp³-hybridized carbons (Fsp3) is 0.694. The van der Waals surface area contributed by atoms with Crippen molar-refractivity contribution in [2.75, 3.05) is 39.3 Å². The summed E-state index contributed by atoms with van der Waals surface area (Å²) < 4.78 is 0. The molecule has 35 nitrogen and oxygen atoms in total. The number of aliphatic carboxylic acids is 1. The minimum Gasteiger partial charge on any atom is -0.508 e. The van der Waals surface area contributed by atoms with Gasteiger partial charge in [-0.05, 0) is 225 Å². The topological polar surface area (TPSA) is 569 Å². The zero-order valence-electron chi connectivity index (χ0n) is 72.6. The average Bonchev–Trinajstić information content (AvgIpc) is 1.61. The molecule has 14 atom stereocenters. The summed E-state index contributed by atoms with van der Waals surface area (Å²) in [6.45, 7) is 22.3. The number of hydrogen-bond donors (Lipinski definition) is 19. The number of phenols is 2. The molecule has 0 radical (unpaired) electrons. The number of benzene rings is 2. The van der Waals surface area contributed by atoms with Crippen LogP contribution in [-0.2, 0) is 80.0 Å². The summed E-state index contributed by atoms with van der Waals surface area (Å²) >= 11 is 0. The molecule has 120 heavy (non-hydrogen) atoms. The van der Waals surface area contributed by atoms with Gasteiger partial charge >= 0.3 is 5.97 Å². The van der Waals surface area contributed by atoms with Crippen molar-refractivity contribution in [1.29, 1.82) is 0 Å². The highest BCUT2D eigenvalue weighted by Crippen LogP contribution is 2.25. The minimum absolute atomic E-state index is 0.0209. The standard InChI is InChI=1S/C85H142N18O17/c1-48(2)43-63(95-72(106)59(23-13-17-37-86)93-81(115)71(53(11)12)101-79(113)68-28-21-41-102(68)83(117)58(90)46-54-29-33-56(104)34-30-54)76(110)91-61(25-15-19-39-88)75(109)100-70(52(9)10)82(116)97-65(47-55-31-35-57(105)36-32-55)84(118)103-42-22-27-67(103)78(112)96-64(44-49(3)4)77(111)92-62(26-16-20-40-89)74(108)99-69(51(7)8)80(114)94-60(24-14-18-38-87)73(107)98-66(85(119)120)45-50(5)6/h29-36,48-53,58-71,104-105H,13-28,37-47,86-90H2,1-12H3,(H,91,110)(H,92,111)(H,93,115)(H,94,114)(H,95,106)(H,96,112)(H,97,116)(H,98,107)(H,99,108)(H,100,109)(H,101,113)(H,119,120)/t58-,59-,60-,61-,62-,63-,64-,65-,66-,67-,68-,69-,70-,71-/m0/s1. The molecule has 35 heteroatoms. The highest BCUT2D eigenvalue weighted by molar-refractivity contribution is 6.00. The summed E-state index contributed by atoms with van der Waals surface area (Å²) in [5.74, 6) is -12.8. The summed E-state index contributed by atoms with van der Waals surface area (Å²) in [7, 11) is 0. The summed E-state index contributed by atoms with van der Waals surface area (Å²) in [4.78, 5) is 204. The Bertz CT molecular complexity index is 3640. The second-order valence-electron chi connectivity index (χ2n) is 34.3. The SMILES string of the molecule is CC(C)C[C@H](NC(=O)[C@H](CCCCN)NC(=O)[C@@H](NC(=O)[C@H](CCCCN)NC(=O)[C@H](CC(C)C)NC(=O)[C@@H]1CCCN1C(=O)[C@H](Cc1ccc(O)cc1)NC(=O)[C@@H](NC(=O)[C@H](CCCCN)NC(=O)[C@H](CC(C)C)NC(=O)[C@H](CCCCN)NC(=O)[C@@H](NC(=O)[C@@H]1CCCN1C(=O)[C@@H](N)Cc1ccc(O)cc1)C(C)C)C(C)C)C(C)C)C(=O)O. The van der Waals surface area contributed by atoms with Crippen LogP contribution < -0.4 is 87.2 Å². The molecule has 674 valence electrons. The van der Waals surface area contributed by atoms with E-state index in [0.717, 1.165) is 0 Å². The van der Waals surface area contributed by atoms with Gasteiger partial charge in [0.15, 0.2) is 0 Å². The largest absolute Gasteiger partial charge is 0.508 e. The molecule has 2 aliphatic rings. The van der Waals surface area contributed by atoms with Crippen LogP contribution in [-0.4, -0.2) is 232 Å². The first-order chi connectivity index (χ1) is 56.7. The van der Waals surface area contributed by atoms with E-state index in [9.17, 15) is 77.6 Å². The number of nitrogens with one attached hydrogen (secondary N) is 11. The molecule has 0 bridgehead atoms. The maximum Gasteiger partial charge on any atom is 0.326 e. The van der Waals surface area contributed by atoms with Gasteiger partial charge < -0.3 is 112 Å². The zero-order chi connectivity index (χ0) is 89.6. The summed E-state index contributed by atoms with van der Waals surface area (Å²) in [6, 6.07) is -5.05. The van der Waals surface area contributed by atoms with Crippen molar-refractivity contribution >= 4 is 82.8 Å². The van der Waals surface area contributed by atoms with E-state index in [2.05, 4.69) is 58.5 Å². The Hall–Kier alpha value is -9.58. The minimum atomic E-state index is -1.42. The maximum atomic E-state index is 15.3. The molecule has 2 aliphatic heterocycles. The van der Waals surface area contributed by atoms with Crippen LogP contribution in [0.25, 0.3) is 0 Å². The van der Waals surface area contributed by atoms with Gasteiger partial charge in [0.1, 0.15) is 90.0 Å². The van der Waals surface area contributed by atoms with Crippen LogP contribution in [0.1, 0.15) is 216 Å². The monoisotopic (exact) mass is 1690 g/mol. The Morgan fingerprint density at radius 3 is 0.983 bits per heavy atom. The molecule has 2 heterocycles. The summed E-state index contributed by atoms with van der Waals surface area (Å²) in [5, 5.41) is 60.6. The van der Waals surface area contributed by atoms with E-state index in [1.165, 1.54) is 34.1 Å². The molecule has 13 amide bonds. The quantitative estimate of drug-likeness (QED) is 0.0414. The number of hydrogen-bond acceptors (Lipinski definition) is 21. The molecular weight excluding hydrogens is 1550 g/mol. The number of carboxylic acid groups (broad SMARTS) is 1. The fourth-order valence-corrected chi connectivity index (χ4v) is 14.7. The van der Waals surface area contributed by atoms with E-state index in [4.69, 9.17) is 28.7 Å². The third-order valence-electron chi connectivity index (χ3n) is 21.4. The van der Waals surface area contributed by atoms with Gasteiger partial charge in [0.2, 0.25) is 76.8 Å². The number of nitrogens with two attached hydrogens (primary N) is 5. The average molecular weight is 1690 g/mol. The smallest absolute Gasteiger partial charge is 0.326 e. The Balaban J connectivity index is 1.58. The van der Waals surface area contributed by atoms with Gasteiger partial charge in [-0.25, -0.2) is 4.79 Å². The van der Waals surface area contributed by atoms with Crippen LogP contribution in [0.3, 0.4) is 0 Å². The third-order valence-corrected chi connectivity index (χ3v) is 21.4. The lowest BCUT2D eigenvalue weighted by Crippen LogP contribution is -2.62. The van der Waals surface area contributed by atoms with Gasteiger partial charge in [-0.3, -0.25) is 62.3 Å². The number of rotatable bonds is 54. The van der Waals surface area contributed by atoms with E-state index in [0.29, 0.717) is 88.3 Å².